The average Bonchev–Trinajstić information content (AvgIpc) is 3.23. The lowest BCUT2D eigenvalue weighted by atomic mass is 9.89. The van der Waals surface area contributed by atoms with Crippen molar-refractivity contribution in [1.82, 2.24) is 19.8 Å². The normalized spacial score (nSPS) is 23.4. The number of hydrogen-bond donors (Lipinski definition) is 1. The Bertz CT molecular complexity index is 905. The molecular formula is C22H30ClN5O2. The van der Waals surface area contributed by atoms with Gasteiger partial charge < -0.3 is 15.4 Å². The zero-order valence-corrected chi connectivity index (χ0v) is 18.7. The smallest absolute Gasteiger partial charge is 0.272 e. The van der Waals surface area contributed by atoms with Gasteiger partial charge in [0.1, 0.15) is 11.4 Å². The monoisotopic (exact) mass is 431 g/mol. The number of nitrogens with zero attached hydrogens (tertiary/aromatic N) is 4. The fourth-order valence-electron chi connectivity index (χ4n) is 4.78. The average molecular weight is 432 g/mol. The lowest BCUT2D eigenvalue weighted by Crippen LogP contribution is -2.34. The van der Waals surface area contributed by atoms with E-state index >= 15 is 0 Å². The first-order valence-corrected chi connectivity index (χ1v) is 10.1. The van der Waals surface area contributed by atoms with E-state index in [9.17, 15) is 4.79 Å². The fourth-order valence-corrected chi connectivity index (χ4v) is 4.78. The van der Waals surface area contributed by atoms with Crippen molar-refractivity contribution in [3.05, 3.63) is 47.3 Å². The van der Waals surface area contributed by atoms with Crippen molar-refractivity contribution in [3.8, 4) is 5.75 Å². The van der Waals surface area contributed by atoms with Crippen LogP contribution in [0.5, 0.6) is 5.75 Å². The van der Waals surface area contributed by atoms with E-state index in [1.165, 1.54) is 5.56 Å². The molecule has 2 saturated heterocycles. The third-order valence-electron chi connectivity index (χ3n) is 6.21. The second-order valence-electron chi connectivity index (χ2n) is 8.48. The van der Waals surface area contributed by atoms with Crippen molar-refractivity contribution < 1.29 is 9.53 Å². The number of benzene rings is 1. The SMILES string of the molecule is COc1ccc([C@H]2[C@@H]3CN(C(=O)c4cc(C(C)C)nc(N)n4)C[C@@H]3CN2C)cc1.Cl. The molecule has 1 amide bonds. The highest BCUT2D eigenvalue weighted by Crippen LogP contribution is 2.44. The van der Waals surface area contributed by atoms with Gasteiger partial charge in [0, 0.05) is 37.3 Å². The summed E-state index contributed by atoms with van der Waals surface area (Å²) in [5.74, 6) is 2.02. The van der Waals surface area contributed by atoms with E-state index in [-0.39, 0.29) is 30.2 Å². The van der Waals surface area contributed by atoms with E-state index in [1.54, 1.807) is 13.2 Å². The van der Waals surface area contributed by atoms with E-state index in [1.807, 2.05) is 30.9 Å². The van der Waals surface area contributed by atoms with Crippen LogP contribution in [0.3, 0.4) is 0 Å². The van der Waals surface area contributed by atoms with E-state index in [4.69, 9.17) is 10.5 Å². The Kier molecular flexibility index (Phi) is 6.53. The molecule has 2 N–H and O–H groups in total. The summed E-state index contributed by atoms with van der Waals surface area (Å²) in [5.41, 5.74) is 8.32. The van der Waals surface area contributed by atoms with Gasteiger partial charge in [0.2, 0.25) is 5.95 Å². The maximum Gasteiger partial charge on any atom is 0.272 e. The lowest BCUT2D eigenvalue weighted by molar-refractivity contribution is 0.0762. The zero-order chi connectivity index (χ0) is 20.7. The number of anilines is 1. The Hall–Kier alpha value is -2.38. The minimum atomic E-state index is -0.0495. The van der Waals surface area contributed by atoms with Crippen LogP contribution in [0.1, 0.15) is 47.6 Å². The number of hydrogen-bond acceptors (Lipinski definition) is 6. The van der Waals surface area contributed by atoms with Gasteiger partial charge in [0.25, 0.3) is 5.91 Å². The highest BCUT2D eigenvalue weighted by Gasteiger charge is 2.47. The molecule has 0 unspecified atom stereocenters. The molecule has 0 bridgehead atoms. The summed E-state index contributed by atoms with van der Waals surface area (Å²) in [6.07, 6.45) is 0. The molecule has 2 fully saturated rings. The third-order valence-corrected chi connectivity index (χ3v) is 6.21. The largest absolute Gasteiger partial charge is 0.497 e. The number of ether oxygens (including phenoxy) is 1. The van der Waals surface area contributed by atoms with E-state index in [2.05, 4.69) is 34.0 Å². The maximum atomic E-state index is 13.2. The quantitative estimate of drug-likeness (QED) is 0.801. The summed E-state index contributed by atoms with van der Waals surface area (Å²) in [5, 5.41) is 0. The molecular weight excluding hydrogens is 402 g/mol. The standard InChI is InChI=1S/C22H29N5O2.ClH/c1-13(2)18-9-19(25-22(23)24-18)21(28)27-11-15-10-26(3)20(17(15)12-27)14-5-7-16(29-4)8-6-14;/h5-9,13,15,17,20H,10-12H2,1-4H3,(H2,23,24,25);1H/t15-,17+,20-;/m0./s1. The number of nitrogen functional groups attached to an aromatic ring is 1. The van der Waals surface area contributed by atoms with E-state index in [0.717, 1.165) is 31.1 Å². The molecule has 2 aliphatic heterocycles. The molecule has 3 atom stereocenters. The van der Waals surface area contributed by atoms with Crippen molar-refractivity contribution in [2.75, 3.05) is 39.5 Å². The molecule has 8 heteroatoms. The number of likely N-dealkylation sites (tertiary alicyclic amines) is 2. The second-order valence-corrected chi connectivity index (χ2v) is 8.48. The first-order chi connectivity index (χ1) is 13.9. The molecule has 30 heavy (non-hydrogen) atoms. The molecule has 0 saturated carbocycles. The van der Waals surface area contributed by atoms with Crippen LogP contribution in [0.15, 0.2) is 30.3 Å². The molecule has 1 aromatic heterocycles. The number of halogens is 1. The van der Waals surface area contributed by atoms with Crippen LogP contribution in [-0.4, -0.2) is 59.5 Å². The Morgan fingerprint density at radius 2 is 1.87 bits per heavy atom. The van der Waals surface area contributed by atoms with Crippen LogP contribution >= 0.6 is 12.4 Å². The van der Waals surface area contributed by atoms with Crippen molar-refractivity contribution in [3.63, 3.8) is 0 Å². The summed E-state index contributed by atoms with van der Waals surface area (Å²) in [4.78, 5) is 26.0. The van der Waals surface area contributed by atoms with Gasteiger partial charge in [-0.05, 0) is 42.6 Å². The van der Waals surface area contributed by atoms with Gasteiger partial charge in [-0.25, -0.2) is 9.97 Å². The summed E-state index contributed by atoms with van der Waals surface area (Å²) in [6, 6.07) is 10.4. The third kappa shape index (κ3) is 4.09. The molecule has 0 aliphatic carbocycles. The number of methoxy groups -OCH3 is 1. The number of fused-ring (bicyclic) bond motifs is 1. The van der Waals surface area contributed by atoms with Gasteiger partial charge in [-0.3, -0.25) is 9.69 Å². The highest BCUT2D eigenvalue weighted by molar-refractivity contribution is 5.93. The van der Waals surface area contributed by atoms with Crippen molar-refractivity contribution in [2.24, 2.45) is 11.8 Å². The first-order valence-electron chi connectivity index (χ1n) is 10.1. The fraction of sp³-hybridized carbons (Fsp3) is 0.500. The van der Waals surface area contributed by atoms with Crippen LogP contribution in [0.4, 0.5) is 5.95 Å². The number of rotatable bonds is 4. The van der Waals surface area contributed by atoms with Crippen molar-refractivity contribution in [2.45, 2.75) is 25.8 Å². The Morgan fingerprint density at radius 3 is 2.50 bits per heavy atom. The Labute approximate surface area is 184 Å². The molecule has 1 aromatic carbocycles. The summed E-state index contributed by atoms with van der Waals surface area (Å²) < 4.78 is 5.29. The van der Waals surface area contributed by atoms with Crippen molar-refractivity contribution >= 4 is 24.3 Å². The minimum absolute atomic E-state index is 0. The molecule has 0 radical (unpaired) electrons. The van der Waals surface area contributed by atoms with E-state index < -0.39 is 0 Å². The number of carbonyl (C=O) groups excluding carboxylic acids is 1. The van der Waals surface area contributed by atoms with Crippen molar-refractivity contribution in [1.29, 1.82) is 0 Å². The number of nitrogens with two attached hydrogens (primary N) is 1. The summed E-state index contributed by atoms with van der Waals surface area (Å²) in [6.45, 7) is 6.53. The molecule has 3 heterocycles. The predicted octanol–water partition coefficient (Wildman–Crippen LogP) is 2.99. The van der Waals surface area contributed by atoms with Crippen LogP contribution < -0.4 is 10.5 Å². The molecule has 2 aromatic rings. The van der Waals surface area contributed by atoms with Crippen LogP contribution in [0.2, 0.25) is 0 Å². The van der Waals surface area contributed by atoms with Gasteiger partial charge in [0.15, 0.2) is 0 Å². The van der Waals surface area contributed by atoms with Gasteiger partial charge in [-0.2, -0.15) is 0 Å². The molecule has 162 valence electrons. The first kappa shape index (κ1) is 22.3. The van der Waals surface area contributed by atoms with Gasteiger partial charge in [0.05, 0.1) is 7.11 Å². The number of aromatic nitrogens is 2. The number of carbonyl (C=O) groups is 1. The maximum absolute atomic E-state index is 13.2. The second kappa shape index (κ2) is 8.78. The molecule has 7 nitrogen and oxygen atoms in total. The number of amides is 1. The summed E-state index contributed by atoms with van der Waals surface area (Å²) >= 11 is 0. The van der Waals surface area contributed by atoms with Gasteiger partial charge in [-0.15, -0.1) is 12.4 Å². The zero-order valence-electron chi connectivity index (χ0n) is 17.9. The van der Waals surface area contributed by atoms with Crippen LogP contribution in [0.25, 0.3) is 0 Å². The lowest BCUT2D eigenvalue weighted by Gasteiger charge is -2.27. The van der Waals surface area contributed by atoms with Crippen LogP contribution in [-0.2, 0) is 0 Å². The highest BCUT2D eigenvalue weighted by atomic mass is 35.5. The molecule has 2 aliphatic rings. The van der Waals surface area contributed by atoms with Gasteiger partial charge in [-0.1, -0.05) is 26.0 Å². The van der Waals surface area contributed by atoms with Gasteiger partial charge >= 0.3 is 0 Å². The summed E-state index contributed by atoms with van der Waals surface area (Å²) in [7, 11) is 3.84. The van der Waals surface area contributed by atoms with Crippen LogP contribution in [0, 0.1) is 11.8 Å². The predicted molar refractivity (Wildman–Crippen MR) is 119 cm³/mol. The van der Waals surface area contributed by atoms with E-state index in [0.29, 0.717) is 23.6 Å². The topological polar surface area (TPSA) is 84.6 Å². The molecule has 4 rings (SSSR count). The Balaban J connectivity index is 0.00000256. The molecule has 0 spiro atoms. The Morgan fingerprint density at radius 1 is 1.17 bits per heavy atom. The minimum Gasteiger partial charge on any atom is -0.497 e.